The van der Waals surface area contributed by atoms with E-state index in [0.717, 1.165) is 29.9 Å². The van der Waals surface area contributed by atoms with Gasteiger partial charge in [0, 0.05) is 30.6 Å². The molecule has 0 spiro atoms. The number of nitrogens with one attached hydrogen (secondary N) is 1. The molecule has 4 heterocycles. The minimum Gasteiger partial charge on any atom is -0.479 e. The Morgan fingerprint density at radius 3 is 2.81 bits per heavy atom. The smallest absolute Gasteiger partial charge is 0.255 e. The number of aliphatic imine (C=N–C) groups is 1. The Kier molecular flexibility index (Phi) is 6.74. The monoisotopic (exact) mass is 501 g/mol. The van der Waals surface area contributed by atoms with Crippen molar-refractivity contribution in [3.63, 3.8) is 0 Å². The number of nitrogens with zero attached hydrogens (tertiary/aromatic N) is 6. The number of hydrogen-bond acceptors (Lipinski definition) is 7. The third-order valence-electron chi connectivity index (χ3n) is 6.78. The van der Waals surface area contributed by atoms with E-state index in [4.69, 9.17) is 4.74 Å². The Hall–Kier alpha value is -3.34. The van der Waals surface area contributed by atoms with Crippen LogP contribution in [0.5, 0.6) is 5.88 Å². The SMILES string of the molecule is CCN1CC[C@H](Nc2nc(OC)c3c(-c4ccc5c(c4)N(CC(F)F)CC(C)=N5)ccn3n2)[C@H](F)C1. The van der Waals surface area contributed by atoms with E-state index in [1.165, 1.54) is 7.11 Å². The van der Waals surface area contributed by atoms with Gasteiger partial charge in [-0.05, 0) is 43.7 Å². The van der Waals surface area contributed by atoms with Gasteiger partial charge in [-0.1, -0.05) is 13.0 Å². The van der Waals surface area contributed by atoms with Crippen LogP contribution in [0.3, 0.4) is 0 Å². The summed E-state index contributed by atoms with van der Waals surface area (Å²) >= 11 is 0. The van der Waals surface area contributed by atoms with Crippen molar-refractivity contribution >= 4 is 28.6 Å². The van der Waals surface area contributed by atoms with Crippen LogP contribution in [0.15, 0.2) is 35.5 Å². The predicted octanol–water partition coefficient (Wildman–Crippen LogP) is 4.43. The Bertz CT molecular complexity index is 1280. The average Bonchev–Trinajstić information content (AvgIpc) is 3.28. The zero-order valence-electron chi connectivity index (χ0n) is 20.6. The second-order valence-electron chi connectivity index (χ2n) is 9.24. The molecule has 0 radical (unpaired) electrons. The van der Waals surface area contributed by atoms with Gasteiger partial charge in [0.2, 0.25) is 11.8 Å². The normalized spacial score (nSPS) is 20.5. The summed E-state index contributed by atoms with van der Waals surface area (Å²) in [7, 11) is 1.52. The molecule has 0 saturated carbocycles. The van der Waals surface area contributed by atoms with Crippen LogP contribution in [-0.4, -0.2) is 83.7 Å². The first-order valence-corrected chi connectivity index (χ1v) is 12.1. The van der Waals surface area contributed by atoms with E-state index in [1.54, 1.807) is 15.6 Å². The number of fused-ring (bicyclic) bond motifs is 2. The van der Waals surface area contributed by atoms with Crippen LogP contribution < -0.4 is 15.0 Å². The number of alkyl halides is 3. The van der Waals surface area contributed by atoms with Crippen molar-refractivity contribution in [2.24, 2.45) is 4.99 Å². The van der Waals surface area contributed by atoms with Crippen LogP contribution in [0.1, 0.15) is 20.3 Å². The van der Waals surface area contributed by atoms with Crippen molar-refractivity contribution in [2.45, 2.75) is 38.9 Å². The van der Waals surface area contributed by atoms with Gasteiger partial charge in [-0.3, -0.25) is 4.99 Å². The van der Waals surface area contributed by atoms with Crippen molar-refractivity contribution in [1.29, 1.82) is 0 Å². The zero-order chi connectivity index (χ0) is 25.4. The summed E-state index contributed by atoms with van der Waals surface area (Å²) < 4.78 is 48.4. The number of rotatable bonds is 7. The first-order valence-electron chi connectivity index (χ1n) is 12.1. The van der Waals surface area contributed by atoms with E-state index < -0.39 is 12.6 Å². The molecule has 0 unspecified atom stereocenters. The molecule has 1 fully saturated rings. The second-order valence-corrected chi connectivity index (χ2v) is 9.24. The zero-order valence-corrected chi connectivity index (χ0v) is 20.6. The average molecular weight is 502 g/mol. The Morgan fingerprint density at radius 2 is 2.08 bits per heavy atom. The van der Waals surface area contributed by atoms with Crippen molar-refractivity contribution in [3.8, 4) is 17.0 Å². The third-order valence-corrected chi connectivity index (χ3v) is 6.78. The molecule has 5 rings (SSSR count). The van der Waals surface area contributed by atoms with Crippen LogP contribution in [0.4, 0.5) is 30.5 Å². The van der Waals surface area contributed by atoms with Crippen LogP contribution in [-0.2, 0) is 0 Å². The highest BCUT2D eigenvalue weighted by Crippen LogP contribution is 2.39. The number of methoxy groups -OCH3 is 1. The van der Waals surface area contributed by atoms with E-state index in [1.807, 2.05) is 38.1 Å². The maximum atomic E-state index is 14.7. The van der Waals surface area contributed by atoms with E-state index >= 15 is 0 Å². The Balaban J connectivity index is 1.48. The Labute approximate surface area is 207 Å². The minimum absolute atomic E-state index is 0.289. The number of halogens is 3. The van der Waals surface area contributed by atoms with E-state index in [2.05, 4.69) is 25.3 Å². The maximum Gasteiger partial charge on any atom is 0.255 e. The highest BCUT2D eigenvalue weighted by Gasteiger charge is 2.29. The molecule has 0 aliphatic carbocycles. The molecule has 2 aromatic heterocycles. The molecular weight excluding hydrogens is 471 g/mol. The Morgan fingerprint density at radius 1 is 1.25 bits per heavy atom. The highest BCUT2D eigenvalue weighted by atomic mass is 19.3. The number of benzene rings is 1. The first kappa shape index (κ1) is 24.4. The van der Waals surface area contributed by atoms with Crippen molar-refractivity contribution in [1.82, 2.24) is 19.5 Å². The van der Waals surface area contributed by atoms with Crippen LogP contribution in [0.25, 0.3) is 16.6 Å². The van der Waals surface area contributed by atoms with Gasteiger partial charge in [0.1, 0.15) is 11.7 Å². The van der Waals surface area contributed by atoms with Crippen LogP contribution in [0, 0.1) is 0 Å². The van der Waals surface area contributed by atoms with Gasteiger partial charge in [0.05, 0.1) is 37.6 Å². The lowest BCUT2D eigenvalue weighted by Crippen LogP contribution is -2.47. The topological polar surface area (TPSA) is 70.3 Å². The van der Waals surface area contributed by atoms with E-state index in [-0.39, 0.29) is 18.5 Å². The fraction of sp³-hybridized carbons (Fsp3) is 0.480. The minimum atomic E-state index is -2.46. The molecule has 0 amide bonds. The number of anilines is 2. The van der Waals surface area contributed by atoms with E-state index in [9.17, 15) is 13.2 Å². The largest absolute Gasteiger partial charge is 0.479 e. The maximum absolute atomic E-state index is 14.7. The molecule has 8 nitrogen and oxygen atoms in total. The van der Waals surface area contributed by atoms with Crippen molar-refractivity contribution in [2.75, 3.05) is 50.1 Å². The van der Waals surface area contributed by atoms with Gasteiger partial charge in [0.15, 0.2) is 0 Å². The summed E-state index contributed by atoms with van der Waals surface area (Å²) in [6, 6.07) is 7.10. The molecule has 36 heavy (non-hydrogen) atoms. The third kappa shape index (κ3) is 4.71. The van der Waals surface area contributed by atoms with Gasteiger partial charge in [0.25, 0.3) is 6.43 Å². The summed E-state index contributed by atoms with van der Waals surface area (Å²) in [6.45, 7) is 5.86. The highest BCUT2D eigenvalue weighted by molar-refractivity contribution is 5.96. The molecule has 3 aromatic rings. The summed E-state index contributed by atoms with van der Waals surface area (Å²) in [5.74, 6) is 0.627. The molecule has 2 aliphatic heterocycles. The molecule has 192 valence electrons. The second kappa shape index (κ2) is 9.96. The quantitative estimate of drug-likeness (QED) is 0.517. The van der Waals surface area contributed by atoms with Crippen molar-refractivity contribution in [3.05, 3.63) is 30.5 Å². The molecule has 2 atom stereocenters. The lowest BCUT2D eigenvalue weighted by atomic mass is 10.0. The van der Waals surface area contributed by atoms with Gasteiger partial charge in [-0.25, -0.2) is 17.7 Å². The molecule has 1 aromatic carbocycles. The molecular formula is C25H30F3N7O. The fourth-order valence-electron chi connectivity index (χ4n) is 4.98. The van der Waals surface area contributed by atoms with E-state index in [0.29, 0.717) is 42.3 Å². The molecule has 1 N–H and O–H groups in total. The molecule has 11 heteroatoms. The van der Waals surface area contributed by atoms with Crippen LogP contribution in [0.2, 0.25) is 0 Å². The summed E-state index contributed by atoms with van der Waals surface area (Å²) in [5, 5.41) is 7.70. The lowest BCUT2D eigenvalue weighted by Gasteiger charge is -2.34. The number of aromatic nitrogens is 3. The molecule has 1 saturated heterocycles. The molecule has 2 aliphatic rings. The van der Waals surface area contributed by atoms with Crippen LogP contribution >= 0.6 is 0 Å². The summed E-state index contributed by atoms with van der Waals surface area (Å²) in [5.41, 5.74) is 4.35. The molecule has 0 bridgehead atoms. The van der Waals surface area contributed by atoms with Gasteiger partial charge in [-0.15, -0.1) is 5.10 Å². The predicted molar refractivity (Wildman–Crippen MR) is 135 cm³/mol. The number of likely N-dealkylation sites (tertiary alicyclic amines) is 1. The first-order chi connectivity index (χ1) is 17.4. The number of piperidine rings is 1. The standard InChI is InChI=1S/C25H30F3N7O/c1-4-33-9-8-19(18(26)13-33)30-25-31-24(36-3)23-17(7-10-35(23)32-25)16-5-6-20-21(11-16)34(14-22(27)28)12-15(2)29-20/h5-7,10-11,18-19,22H,4,8-9,12-14H2,1-3H3,(H,30,32)/t18-,19+/m1/s1. The van der Waals surface area contributed by atoms with Gasteiger partial charge >= 0.3 is 0 Å². The van der Waals surface area contributed by atoms with Gasteiger partial charge < -0.3 is 19.9 Å². The summed E-state index contributed by atoms with van der Waals surface area (Å²) in [6.07, 6.45) is -1.05. The fourth-order valence-corrected chi connectivity index (χ4v) is 4.98. The van der Waals surface area contributed by atoms with Crippen molar-refractivity contribution < 1.29 is 17.9 Å². The number of ether oxygens (including phenoxy) is 1. The lowest BCUT2D eigenvalue weighted by molar-refractivity contribution is 0.131. The van der Waals surface area contributed by atoms with Gasteiger partial charge in [-0.2, -0.15) is 4.98 Å². The number of hydrogen-bond donors (Lipinski definition) is 1. The summed E-state index contributed by atoms with van der Waals surface area (Å²) in [4.78, 5) is 12.8.